The van der Waals surface area contributed by atoms with E-state index in [0.717, 1.165) is 0 Å². The number of halogens is 1. The number of carbonyl (C=O) groups is 1. The van der Waals surface area contributed by atoms with Crippen LogP contribution in [-0.4, -0.2) is 40.0 Å². The zero-order valence-corrected chi connectivity index (χ0v) is 7.56. The first-order valence-corrected chi connectivity index (χ1v) is 4.47. The summed E-state index contributed by atoms with van der Waals surface area (Å²) in [5.74, 6) is -0.238. The first kappa shape index (κ1) is 9.05. The van der Waals surface area contributed by atoms with Crippen molar-refractivity contribution in [3.8, 4) is 0 Å². The van der Waals surface area contributed by atoms with Crippen molar-refractivity contribution < 1.29 is 9.18 Å². The van der Waals surface area contributed by atoms with E-state index in [1.165, 1.54) is 23.5 Å². The maximum atomic E-state index is 12.8. The molecule has 0 aromatic carbocycles. The Morgan fingerprint density at radius 3 is 3.00 bits per heavy atom. The van der Waals surface area contributed by atoms with Gasteiger partial charge in [0.15, 0.2) is 0 Å². The van der Waals surface area contributed by atoms with Gasteiger partial charge in [0.25, 0.3) is 5.91 Å². The number of nitrogens with zero attached hydrogens (tertiary/aromatic N) is 3. The monoisotopic (exact) mass is 195 g/mol. The smallest absolute Gasteiger partial charge is 0.274 e. The van der Waals surface area contributed by atoms with Crippen molar-refractivity contribution in [2.24, 2.45) is 0 Å². The minimum Gasteiger partial charge on any atom is -0.334 e. The molecule has 2 rings (SSSR count). The lowest BCUT2D eigenvalue weighted by atomic mass is 10.3. The topological polar surface area (TPSA) is 46.1 Å². The van der Waals surface area contributed by atoms with Crippen molar-refractivity contribution in [1.29, 1.82) is 0 Å². The fourth-order valence-corrected chi connectivity index (χ4v) is 1.47. The van der Waals surface area contributed by atoms with E-state index >= 15 is 0 Å². The summed E-state index contributed by atoms with van der Waals surface area (Å²) in [6, 6.07) is 0. The SMILES string of the molecule is O=C(c1cnccn1)N1CCC(F)C1. The molecule has 1 aromatic rings. The van der Waals surface area contributed by atoms with Gasteiger partial charge in [-0.05, 0) is 6.42 Å². The van der Waals surface area contributed by atoms with Crippen molar-refractivity contribution in [3.05, 3.63) is 24.3 Å². The van der Waals surface area contributed by atoms with Crippen LogP contribution in [0.3, 0.4) is 0 Å². The molecule has 5 heteroatoms. The van der Waals surface area contributed by atoms with Gasteiger partial charge in [0.1, 0.15) is 11.9 Å². The first-order valence-electron chi connectivity index (χ1n) is 4.47. The molecule has 1 unspecified atom stereocenters. The molecule has 1 fully saturated rings. The zero-order valence-electron chi connectivity index (χ0n) is 7.56. The highest BCUT2D eigenvalue weighted by atomic mass is 19.1. The summed E-state index contributed by atoms with van der Waals surface area (Å²) >= 11 is 0. The second-order valence-corrected chi connectivity index (χ2v) is 3.23. The molecule has 0 saturated carbocycles. The number of likely N-dealkylation sites (tertiary alicyclic amines) is 1. The van der Waals surface area contributed by atoms with Crippen LogP contribution in [0.25, 0.3) is 0 Å². The van der Waals surface area contributed by atoms with E-state index in [0.29, 0.717) is 13.0 Å². The van der Waals surface area contributed by atoms with Crippen molar-refractivity contribution in [1.82, 2.24) is 14.9 Å². The van der Waals surface area contributed by atoms with Crippen LogP contribution >= 0.6 is 0 Å². The van der Waals surface area contributed by atoms with Gasteiger partial charge in [-0.3, -0.25) is 9.78 Å². The molecule has 4 nitrogen and oxygen atoms in total. The Balaban J connectivity index is 2.10. The van der Waals surface area contributed by atoms with Gasteiger partial charge in [0, 0.05) is 18.9 Å². The predicted molar refractivity (Wildman–Crippen MR) is 47.4 cm³/mol. The van der Waals surface area contributed by atoms with Crippen LogP contribution < -0.4 is 0 Å². The lowest BCUT2D eigenvalue weighted by Gasteiger charge is -2.13. The molecular weight excluding hydrogens is 185 g/mol. The summed E-state index contributed by atoms with van der Waals surface area (Å²) in [5, 5.41) is 0. The van der Waals surface area contributed by atoms with Crippen LogP contribution in [0.5, 0.6) is 0 Å². The zero-order chi connectivity index (χ0) is 9.97. The van der Waals surface area contributed by atoms with Gasteiger partial charge in [0.2, 0.25) is 0 Å². The van der Waals surface area contributed by atoms with Crippen molar-refractivity contribution in [2.75, 3.05) is 13.1 Å². The Hall–Kier alpha value is -1.52. The number of hydrogen-bond donors (Lipinski definition) is 0. The summed E-state index contributed by atoms with van der Waals surface area (Å²) in [5.41, 5.74) is 0.279. The lowest BCUT2D eigenvalue weighted by Crippen LogP contribution is -2.29. The van der Waals surface area contributed by atoms with Crippen LogP contribution in [0.2, 0.25) is 0 Å². The van der Waals surface area contributed by atoms with E-state index in [9.17, 15) is 9.18 Å². The molecule has 0 aliphatic carbocycles. The number of amides is 1. The molecule has 74 valence electrons. The Morgan fingerprint density at radius 2 is 2.43 bits per heavy atom. The van der Waals surface area contributed by atoms with Crippen molar-refractivity contribution in [2.45, 2.75) is 12.6 Å². The number of rotatable bonds is 1. The molecular formula is C9H10FN3O. The van der Waals surface area contributed by atoms with Gasteiger partial charge >= 0.3 is 0 Å². The van der Waals surface area contributed by atoms with Crippen LogP contribution in [-0.2, 0) is 0 Å². The van der Waals surface area contributed by atoms with Gasteiger partial charge in [-0.25, -0.2) is 9.37 Å². The minimum atomic E-state index is -0.893. The van der Waals surface area contributed by atoms with Crippen LogP contribution in [0.1, 0.15) is 16.9 Å². The number of alkyl halides is 1. The van der Waals surface area contributed by atoms with Crippen molar-refractivity contribution >= 4 is 5.91 Å². The van der Waals surface area contributed by atoms with E-state index in [1.54, 1.807) is 0 Å². The average molecular weight is 195 g/mol. The highest BCUT2D eigenvalue weighted by molar-refractivity contribution is 5.92. The number of hydrogen-bond acceptors (Lipinski definition) is 3. The molecule has 1 aliphatic heterocycles. The molecule has 1 saturated heterocycles. The Morgan fingerprint density at radius 1 is 1.57 bits per heavy atom. The molecule has 0 spiro atoms. The fourth-order valence-electron chi connectivity index (χ4n) is 1.47. The summed E-state index contributed by atoms with van der Waals surface area (Å²) in [6.45, 7) is 0.645. The quantitative estimate of drug-likeness (QED) is 0.661. The maximum absolute atomic E-state index is 12.8. The van der Waals surface area contributed by atoms with E-state index in [4.69, 9.17) is 0 Å². The largest absolute Gasteiger partial charge is 0.334 e. The molecule has 1 amide bonds. The Kier molecular flexibility index (Phi) is 2.39. The summed E-state index contributed by atoms with van der Waals surface area (Å²) in [6.07, 6.45) is 3.88. The molecule has 14 heavy (non-hydrogen) atoms. The van der Waals surface area contributed by atoms with Gasteiger partial charge in [-0.15, -0.1) is 0 Å². The summed E-state index contributed by atoms with van der Waals surface area (Å²) < 4.78 is 12.8. The first-order chi connectivity index (χ1) is 6.77. The van der Waals surface area contributed by atoms with E-state index < -0.39 is 6.17 Å². The van der Waals surface area contributed by atoms with Gasteiger partial charge in [-0.2, -0.15) is 0 Å². The maximum Gasteiger partial charge on any atom is 0.274 e. The third-order valence-electron chi connectivity index (χ3n) is 2.20. The molecule has 0 bridgehead atoms. The van der Waals surface area contributed by atoms with Crippen molar-refractivity contribution in [3.63, 3.8) is 0 Å². The Labute approximate surface area is 80.8 Å². The third kappa shape index (κ3) is 1.71. The van der Waals surface area contributed by atoms with Crippen LogP contribution in [0.4, 0.5) is 4.39 Å². The average Bonchev–Trinajstić information content (AvgIpc) is 2.65. The predicted octanol–water partition coefficient (Wildman–Crippen LogP) is 0.661. The highest BCUT2D eigenvalue weighted by Crippen LogP contribution is 2.14. The van der Waals surface area contributed by atoms with Gasteiger partial charge in [0.05, 0.1) is 12.7 Å². The van der Waals surface area contributed by atoms with Crippen LogP contribution in [0.15, 0.2) is 18.6 Å². The molecule has 2 heterocycles. The van der Waals surface area contributed by atoms with E-state index in [1.807, 2.05) is 0 Å². The van der Waals surface area contributed by atoms with Crippen LogP contribution in [0, 0.1) is 0 Å². The molecule has 1 aliphatic rings. The summed E-state index contributed by atoms with van der Waals surface area (Å²) in [7, 11) is 0. The normalized spacial score (nSPS) is 21.2. The molecule has 0 radical (unpaired) electrons. The third-order valence-corrected chi connectivity index (χ3v) is 2.20. The van der Waals surface area contributed by atoms with E-state index in [2.05, 4.69) is 9.97 Å². The molecule has 1 aromatic heterocycles. The highest BCUT2D eigenvalue weighted by Gasteiger charge is 2.27. The Bertz CT molecular complexity index is 330. The van der Waals surface area contributed by atoms with Gasteiger partial charge in [-0.1, -0.05) is 0 Å². The second kappa shape index (κ2) is 3.69. The number of aromatic nitrogens is 2. The van der Waals surface area contributed by atoms with Gasteiger partial charge < -0.3 is 4.90 Å². The fraction of sp³-hybridized carbons (Fsp3) is 0.444. The summed E-state index contributed by atoms with van der Waals surface area (Å²) in [4.78, 5) is 20.8. The minimum absolute atomic E-state index is 0.176. The lowest BCUT2D eigenvalue weighted by molar-refractivity contribution is 0.0776. The standard InChI is InChI=1S/C9H10FN3O/c10-7-1-4-13(6-7)9(14)8-5-11-2-3-12-8/h2-3,5,7H,1,4,6H2. The molecule has 1 atom stereocenters. The molecule has 0 N–H and O–H groups in total. The van der Waals surface area contributed by atoms with E-state index in [-0.39, 0.29) is 18.1 Å². The second-order valence-electron chi connectivity index (χ2n) is 3.23. The number of carbonyl (C=O) groups excluding carboxylic acids is 1.